The van der Waals surface area contributed by atoms with Crippen molar-refractivity contribution in [2.24, 2.45) is 0 Å². The number of rotatable bonds is 2. The van der Waals surface area contributed by atoms with Crippen LogP contribution in [0, 0.1) is 11.6 Å². The molecule has 1 aliphatic heterocycles. The fourth-order valence-corrected chi connectivity index (χ4v) is 4.14. The molecule has 4 rings (SSSR count). The van der Waals surface area contributed by atoms with Gasteiger partial charge in [-0.3, -0.25) is 9.59 Å². The molecule has 0 aromatic heterocycles. The Balaban J connectivity index is 1.93. The molecular formula is C22H14BrClF2N2O2. The van der Waals surface area contributed by atoms with Crippen LogP contribution in [-0.2, 0) is 4.79 Å². The summed E-state index contributed by atoms with van der Waals surface area (Å²) < 4.78 is 28.8. The molecule has 1 aliphatic rings. The zero-order valence-electron chi connectivity index (χ0n) is 15.3. The molecule has 1 N–H and O–H groups in total. The van der Waals surface area contributed by atoms with Crippen molar-refractivity contribution in [3.8, 4) is 0 Å². The largest absolute Gasteiger partial charge is 0.324 e. The monoisotopic (exact) mass is 490 g/mol. The molecule has 3 aromatic rings. The molecule has 1 atom stereocenters. The van der Waals surface area contributed by atoms with Crippen LogP contribution in [0.5, 0.6) is 0 Å². The van der Waals surface area contributed by atoms with Gasteiger partial charge in [0, 0.05) is 15.7 Å². The second kappa shape index (κ2) is 8.16. The zero-order valence-corrected chi connectivity index (χ0v) is 17.7. The summed E-state index contributed by atoms with van der Waals surface area (Å²) in [6.45, 7) is -0.335. The molecular weight excluding hydrogens is 478 g/mol. The Kier molecular flexibility index (Phi) is 5.58. The van der Waals surface area contributed by atoms with Crippen molar-refractivity contribution in [1.82, 2.24) is 4.90 Å². The van der Waals surface area contributed by atoms with E-state index in [4.69, 9.17) is 11.6 Å². The van der Waals surface area contributed by atoms with E-state index < -0.39 is 29.5 Å². The average Bonchev–Trinajstić information content (AvgIpc) is 2.84. The minimum Gasteiger partial charge on any atom is -0.324 e. The number of fused-ring (bicyclic) bond motifs is 1. The number of nitrogens with one attached hydrogen (secondary N) is 1. The number of nitrogens with zero attached hydrogens (tertiary/aromatic N) is 1. The highest BCUT2D eigenvalue weighted by Crippen LogP contribution is 2.38. The number of anilines is 1. The van der Waals surface area contributed by atoms with Crippen LogP contribution in [0.1, 0.15) is 27.5 Å². The first-order valence-electron chi connectivity index (χ1n) is 8.95. The molecule has 0 spiro atoms. The highest BCUT2D eigenvalue weighted by Gasteiger charge is 2.35. The second-order valence-corrected chi connectivity index (χ2v) is 8.09. The Labute approximate surface area is 184 Å². The van der Waals surface area contributed by atoms with Crippen molar-refractivity contribution >= 4 is 45.0 Å². The summed E-state index contributed by atoms with van der Waals surface area (Å²) >= 11 is 9.53. The molecule has 30 heavy (non-hydrogen) atoms. The van der Waals surface area contributed by atoms with Gasteiger partial charge in [-0.2, -0.15) is 0 Å². The maximum Gasteiger partial charge on any atom is 0.259 e. The van der Waals surface area contributed by atoms with Crippen LogP contribution >= 0.6 is 27.5 Å². The SMILES string of the molecule is O=C1CN(C(=O)c2c(F)cccc2Cl)[C@@H](c2ccc(F)cc2)c2cc(Br)ccc2N1. The van der Waals surface area contributed by atoms with E-state index in [-0.39, 0.29) is 17.1 Å². The normalized spacial score (nSPS) is 15.9. The van der Waals surface area contributed by atoms with Gasteiger partial charge in [0.1, 0.15) is 18.2 Å². The Bertz CT molecular complexity index is 1130. The smallest absolute Gasteiger partial charge is 0.259 e. The molecule has 2 amide bonds. The summed E-state index contributed by atoms with van der Waals surface area (Å²) in [4.78, 5) is 27.2. The summed E-state index contributed by atoms with van der Waals surface area (Å²) in [5.41, 5.74) is 1.35. The highest BCUT2D eigenvalue weighted by atomic mass is 79.9. The first-order chi connectivity index (χ1) is 14.3. The molecule has 0 saturated carbocycles. The third kappa shape index (κ3) is 3.82. The predicted octanol–water partition coefficient (Wildman–Crippen LogP) is 5.56. The van der Waals surface area contributed by atoms with Gasteiger partial charge in [0.15, 0.2) is 0 Å². The van der Waals surface area contributed by atoms with Crippen molar-refractivity contribution in [1.29, 1.82) is 0 Å². The van der Waals surface area contributed by atoms with E-state index in [1.54, 1.807) is 18.2 Å². The molecule has 0 bridgehead atoms. The molecule has 1 heterocycles. The number of carbonyl (C=O) groups is 2. The lowest BCUT2D eigenvalue weighted by Gasteiger charge is -2.31. The number of benzene rings is 3. The molecule has 0 saturated heterocycles. The van der Waals surface area contributed by atoms with E-state index in [9.17, 15) is 18.4 Å². The molecule has 4 nitrogen and oxygen atoms in total. The van der Waals surface area contributed by atoms with Gasteiger partial charge >= 0.3 is 0 Å². The van der Waals surface area contributed by atoms with Gasteiger partial charge in [0.2, 0.25) is 5.91 Å². The fourth-order valence-electron chi connectivity index (χ4n) is 3.52. The molecule has 0 unspecified atom stereocenters. The zero-order chi connectivity index (χ0) is 21.4. The Morgan fingerprint density at radius 1 is 1.10 bits per heavy atom. The number of carbonyl (C=O) groups excluding carboxylic acids is 2. The number of hydrogen-bond donors (Lipinski definition) is 1. The summed E-state index contributed by atoms with van der Waals surface area (Å²) in [6, 6.07) is 14.0. The Hall–Kier alpha value is -2.77. The average molecular weight is 492 g/mol. The predicted molar refractivity (Wildman–Crippen MR) is 113 cm³/mol. The van der Waals surface area contributed by atoms with Crippen molar-refractivity contribution in [3.05, 3.63) is 98.5 Å². The minimum atomic E-state index is -0.788. The number of halogens is 4. The fraction of sp³-hybridized carbons (Fsp3) is 0.0909. The van der Waals surface area contributed by atoms with Crippen LogP contribution in [0.15, 0.2) is 65.1 Å². The third-order valence-electron chi connectivity index (χ3n) is 4.83. The van der Waals surface area contributed by atoms with Crippen LogP contribution in [0.2, 0.25) is 5.02 Å². The molecule has 0 radical (unpaired) electrons. The van der Waals surface area contributed by atoms with Crippen molar-refractivity contribution in [2.45, 2.75) is 6.04 Å². The lowest BCUT2D eigenvalue weighted by Crippen LogP contribution is -2.39. The minimum absolute atomic E-state index is 0.0584. The van der Waals surface area contributed by atoms with Gasteiger partial charge in [-0.05, 0) is 48.0 Å². The molecule has 8 heteroatoms. The van der Waals surface area contributed by atoms with Gasteiger partial charge in [-0.1, -0.05) is 45.7 Å². The van der Waals surface area contributed by atoms with Gasteiger partial charge < -0.3 is 10.2 Å². The van der Waals surface area contributed by atoms with E-state index in [2.05, 4.69) is 21.2 Å². The second-order valence-electron chi connectivity index (χ2n) is 6.76. The van der Waals surface area contributed by atoms with Crippen LogP contribution in [0.4, 0.5) is 14.5 Å². The molecule has 3 aromatic carbocycles. The summed E-state index contributed by atoms with van der Waals surface area (Å²) in [7, 11) is 0. The summed E-state index contributed by atoms with van der Waals surface area (Å²) in [5, 5.41) is 2.71. The molecule has 0 aliphatic carbocycles. The van der Waals surface area contributed by atoms with E-state index in [1.807, 2.05) is 0 Å². The van der Waals surface area contributed by atoms with E-state index in [0.717, 1.165) is 10.5 Å². The van der Waals surface area contributed by atoms with E-state index in [1.165, 1.54) is 41.3 Å². The topological polar surface area (TPSA) is 49.4 Å². The number of amides is 2. The van der Waals surface area contributed by atoms with Crippen LogP contribution in [0.25, 0.3) is 0 Å². The van der Waals surface area contributed by atoms with Crippen LogP contribution in [-0.4, -0.2) is 23.3 Å². The van der Waals surface area contributed by atoms with Crippen molar-refractivity contribution in [2.75, 3.05) is 11.9 Å². The lowest BCUT2D eigenvalue weighted by molar-refractivity contribution is -0.117. The van der Waals surface area contributed by atoms with Crippen molar-refractivity contribution in [3.63, 3.8) is 0 Å². The standard InChI is InChI=1S/C22H14BrClF2N2O2/c23-13-6-9-18-15(10-13)21(12-4-7-14(25)8-5-12)28(11-19(29)27-18)22(30)20-16(24)2-1-3-17(20)26/h1-10,21H,11H2,(H,27,29)/t21-/m0/s1. The van der Waals surface area contributed by atoms with Crippen molar-refractivity contribution < 1.29 is 18.4 Å². The van der Waals surface area contributed by atoms with Gasteiger partial charge in [-0.25, -0.2) is 8.78 Å². The highest BCUT2D eigenvalue weighted by molar-refractivity contribution is 9.10. The van der Waals surface area contributed by atoms with Gasteiger partial charge in [-0.15, -0.1) is 0 Å². The quantitative estimate of drug-likeness (QED) is 0.510. The van der Waals surface area contributed by atoms with E-state index in [0.29, 0.717) is 16.8 Å². The van der Waals surface area contributed by atoms with Crippen LogP contribution in [0.3, 0.4) is 0 Å². The molecule has 152 valence electrons. The first-order valence-corrected chi connectivity index (χ1v) is 10.1. The van der Waals surface area contributed by atoms with E-state index >= 15 is 0 Å². The third-order valence-corrected chi connectivity index (χ3v) is 5.64. The Morgan fingerprint density at radius 3 is 2.53 bits per heavy atom. The van der Waals surface area contributed by atoms with Gasteiger partial charge in [0.25, 0.3) is 5.91 Å². The summed E-state index contributed by atoms with van der Waals surface area (Å²) in [6.07, 6.45) is 0. The maximum absolute atomic E-state index is 14.5. The maximum atomic E-state index is 14.5. The lowest BCUT2D eigenvalue weighted by atomic mass is 9.95. The molecule has 0 fully saturated rings. The first kappa shape index (κ1) is 20.5. The summed E-state index contributed by atoms with van der Waals surface area (Å²) in [5.74, 6) is -2.41. The van der Waals surface area contributed by atoms with Gasteiger partial charge in [0.05, 0.1) is 16.6 Å². The Morgan fingerprint density at radius 2 is 1.83 bits per heavy atom. The number of hydrogen-bond acceptors (Lipinski definition) is 2. The van der Waals surface area contributed by atoms with Crippen LogP contribution < -0.4 is 5.32 Å².